The van der Waals surface area contributed by atoms with Crippen molar-refractivity contribution in [2.75, 3.05) is 0 Å². The molecule has 0 radical (unpaired) electrons. The summed E-state index contributed by atoms with van der Waals surface area (Å²) in [6.45, 7) is 3.88. The summed E-state index contributed by atoms with van der Waals surface area (Å²) in [4.78, 5) is 0. The van der Waals surface area contributed by atoms with Gasteiger partial charge >= 0.3 is 0 Å². The van der Waals surface area contributed by atoms with Crippen molar-refractivity contribution in [3.8, 4) is 0 Å². The molecule has 1 fully saturated rings. The van der Waals surface area contributed by atoms with Crippen LogP contribution in [0.4, 0.5) is 0 Å². The molecule has 0 aromatic carbocycles. The largest absolute Gasteiger partial charge is 0.390 e. The Morgan fingerprint density at radius 3 is 2.67 bits per heavy atom. The Hall–Kier alpha value is -0.120. The molecule has 1 aliphatic heterocycles. The maximum Gasteiger partial charge on any atom is 0.155 e. The highest BCUT2D eigenvalue weighted by atomic mass is 16.6. The quantitative estimate of drug-likeness (QED) is 0.653. The third-order valence-electron chi connectivity index (χ3n) is 2.50. The van der Waals surface area contributed by atoms with Gasteiger partial charge in [-0.15, -0.1) is 0 Å². The Kier molecular flexibility index (Phi) is 3.50. The molecule has 1 saturated heterocycles. The molecule has 4 atom stereocenters. The van der Waals surface area contributed by atoms with E-state index >= 15 is 0 Å². The van der Waals surface area contributed by atoms with Gasteiger partial charge in [-0.2, -0.15) is 0 Å². The molecule has 1 heterocycles. The van der Waals surface area contributed by atoms with Gasteiger partial charge in [-0.1, -0.05) is 13.3 Å². The molecule has 0 unspecified atom stereocenters. The van der Waals surface area contributed by atoms with Crippen LogP contribution in [0.1, 0.15) is 33.1 Å². The molecule has 72 valence electrons. The van der Waals surface area contributed by atoms with E-state index in [1.165, 1.54) is 0 Å². The van der Waals surface area contributed by atoms with Crippen LogP contribution in [-0.4, -0.2) is 28.7 Å². The Morgan fingerprint density at radius 2 is 2.08 bits per heavy atom. The highest BCUT2D eigenvalue weighted by Gasteiger charge is 2.33. The number of hydrogen-bond donors (Lipinski definition) is 2. The zero-order valence-corrected chi connectivity index (χ0v) is 7.73. The summed E-state index contributed by atoms with van der Waals surface area (Å²) in [7, 11) is 0. The fourth-order valence-corrected chi connectivity index (χ4v) is 1.82. The summed E-state index contributed by atoms with van der Waals surface area (Å²) in [5.74, 6) is 0.203. The van der Waals surface area contributed by atoms with Crippen LogP contribution in [0.15, 0.2) is 0 Å². The lowest BCUT2D eigenvalue weighted by Gasteiger charge is -2.35. The molecule has 0 aliphatic carbocycles. The van der Waals surface area contributed by atoms with E-state index in [0.717, 1.165) is 12.8 Å². The van der Waals surface area contributed by atoms with E-state index in [0.29, 0.717) is 6.42 Å². The van der Waals surface area contributed by atoms with Crippen molar-refractivity contribution in [3.05, 3.63) is 0 Å². The SMILES string of the molecule is CCC[C@@H]1C[C@H](O)O[C@H](C)[C@@H]1O. The molecule has 1 aliphatic rings. The summed E-state index contributed by atoms with van der Waals surface area (Å²) in [6, 6.07) is 0. The van der Waals surface area contributed by atoms with Gasteiger partial charge in [-0.05, 0) is 19.3 Å². The van der Waals surface area contributed by atoms with Crippen molar-refractivity contribution in [1.29, 1.82) is 0 Å². The lowest BCUT2D eigenvalue weighted by Crippen LogP contribution is -2.43. The zero-order valence-electron chi connectivity index (χ0n) is 7.73. The molecule has 0 aromatic rings. The predicted octanol–water partition coefficient (Wildman–Crippen LogP) is 0.891. The van der Waals surface area contributed by atoms with Crippen LogP contribution in [0.2, 0.25) is 0 Å². The molecular formula is C9H18O3. The summed E-state index contributed by atoms with van der Waals surface area (Å²) in [5.41, 5.74) is 0. The Bertz CT molecular complexity index is 138. The van der Waals surface area contributed by atoms with Crippen molar-refractivity contribution < 1.29 is 14.9 Å². The Balaban J connectivity index is 2.47. The maximum absolute atomic E-state index is 9.65. The van der Waals surface area contributed by atoms with Crippen LogP contribution in [0.5, 0.6) is 0 Å². The van der Waals surface area contributed by atoms with Crippen molar-refractivity contribution in [2.24, 2.45) is 5.92 Å². The lowest BCUT2D eigenvalue weighted by atomic mass is 9.88. The molecule has 0 saturated carbocycles. The van der Waals surface area contributed by atoms with E-state index in [-0.39, 0.29) is 12.0 Å². The van der Waals surface area contributed by atoms with Crippen LogP contribution in [0, 0.1) is 5.92 Å². The first-order valence-corrected chi connectivity index (χ1v) is 4.66. The molecule has 0 aromatic heterocycles. The lowest BCUT2D eigenvalue weighted by molar-refractivity contribution is -0.213. The fourth-order valence-electron chi connectivity index (χ4n) is 1.82. The van der Waals surface area contributed by atoms with Crippen LogP contribution in [-0.2, 0) is 4.74 Å². The molecule has 2 N–H and O–H groups in total. The summed E-state index contributed by atoms with van der Waals surface area (Å²) >= 11 is 0. The summed E-state index contributed by atoms with van der Waals surface area (Å²) in [6.07, 6.45) is 1.26. The third-order valence-corrected chi connectivity index (χ3v) is 2.50. The third kappa shape index (κ3) is 2.19. The van der Waals surface area contributed by atoms with Crippen LogP contribution in [0.3, 0.4) is 0 Å². The standard InChI is InChI=1S/C9H18O3/c1-3-4-7-5-8(10)12-6(2)9(7)11/h6-11H,3-5H2,1-2H3/t6-,7-,8-,9+/m1/s1. The van der Waals surface area contributed by atoms with Gasteiger partial charge in [0, 0.05) is 6.42 Å². The van der Waals surface area contributed by atoms with Crippen molar-refractivity contribution in [2.45, 2.75) is 51.6 Å². The van der Waals surface area contributed by atoms with Crippen molar-refractivity contribution >= 4 is 0 Å². The molecular weight excluding hydrogens is 156 g/mol. The monoisotopic (exact) mass is 174 g/mol. The van der Waals surface area contributed by atoms with E-state index in [1.807, 2.05) is 0 Å². The first-order valence-electron chi connectivity index (χ1n) is 4.66. The molecule has 3 heteroatoms. The van der Waals surface area contributed by atoms with E-state index in [9.17, 15) is 10.2 Å². The van der Waals surface area contributed by atoms with Gasteiger partial charge in [-0.25, -0.2) is 0 Å². The summed E-state index contributed by atoms with van der Waals surface area (Å²) in [5, 5.41) is 18.9. The molecule has 0 amide bonds. The molecule has 0 bridgehead atoms. The first kappa shape index (κ1) is 9.96. The number of ether oxygens (including phenoxy) is 1. The summed E-state index contributed by atoms with van der Waals surface area (Å²) < 4.78 is 5.08. The van der Waals surface area contributed by atoms with E-state index < -0.39 is 12.4 Å². The zero-order chi connectivity index (χ0) is 9.14. The maximum atomic E-state index is 9.65. The van der Waals surface area contributed by atoms with Gasteiger partial charge < -0.3 is 14.9 Å². The van der Waals surface area contributed by atoms with Gasteiger partial charge in [0.1, 0.15) is 0 Å². The fraction of sp³-hybridized carbons (Fsp3) is 1.00. The second-order valence-corrected chi connectivity index (χ2v) is 3.57. The average molecular weight is 174 g/mol. The minimum Gasteiger partial charge on any atom is -0.390 e. The van der Waals surface area contributed by atoms with E-state index in [2.05, 4.69) is 6.92 Å². The number of aliphatic hydroxyl groups excluding tert-OH is 2. The van der Waals surface area contributed by atoms with Gasteiger partial charge in [-0.3, -0.25) is 0 Å². The molecule has 12 heavy (non-hydrogen) atoms. The number of aliphatic hydroxyl groups is 2. The first-order chi connectivity index (χ1) is 5.65. The highest BCUT2D eigenvalue weighted by molar-refractivity contribution is 4.79. The normalized spacial score (nSPS) is 43.0. The Labute approximate surface area is 73.4 Å². The molecule has 1 rings (SSSR count). The second kappa shape index (κ2) is 4.21. The highest BCUT2D eigenvalue weighted by Crippen LogP contribution is 2.27. The van der Waals surface area contributed by atoms with Gasteiger partial charge in [0.25, 0.3) is 0 Å². The van der Waals surface area contributed by atoms with E-state index in [1.54, 1.807) is 6.92 Å². The van der Waals surface area contributed by atoms with Gasteiger partial charge in [0.2, 0.25) is 0 Å². The average Bonchev–Trinajstić information content (AvgIpc) is 2.00. The van der Waals surface area contributed by atoms with Crippen molar-refractivity contribution in [3.63, 3.8) is 0 Å². The molecule has 3 nitrogen and oxygen atoms in total. The number of hydrogen-bond acceptors (Lipinski definition) is 3. The second-order valence-electron chi connectivity index (χ2n) is 3.57. The number of rotatable bonds is 2. The van der Waals surface area contributed by atoms with Gasteiger partial charge in [0.15, 0.2) is 6.29 Å². The predicted molar refractivity (Wildman–Crippen MR) is 45.6 cm³/mol. The van der Waals surface area contributed by atoms with E-state index in [4.69, 9.17) is 4.74 Å². The van der Waals surface area contributed by atoms with Crippen LogP contribution < -0.4 is 0 Å². The van der Waals surface area contributed by atoms with Crippen LogP contribution >= 0.6 is 0 Å². The molecule has 0 spiro atoms. The minimum atomic E-state index is -0.681. The Morgan fingerprint density at radius 1 is 1.42 bits per heavy atom. The van der Waals surface area contributed by atoms with Crippen molar-refractivity contribution in [1.82, 2.24) is 0 Å². The van der Waals surface area contributed by atoms with Crippen LogP contribution in [0.25, 0.3) is 0 Å². The minimum absolute atomic E-state index is 0.203. The van der Waals surface area contributed by atoms with Gasteiger partial charge in [0.05, 0.1) is 12.2 Å². The smallest absolute Gasteiger partial charge is 0.155 e. The topological polar surface area (TPSA) is 49.7 Å².